The zero-order chi connectivity index (χ0) is 13.6. The summed E-state index contributed by atoms with van der Waals surface area (Å²) >= 11 is 0. The van der Waals surface area contributed by atoms with Crippen LogP contribution < -0.4 is 0 Å². The van der Waals surface area contributed by atoms with E-state index in [2.05, 4.69) is 11.3 Å². The highest BCUT2D eigenvalue weighted by atomic mass is 16.5. The third kappa shape index (κ3) is 4.01. The molecule has 5 heteroatoms. The van der Waals surface area contributed by atoms with Gasteiger partial charge in [-0.3, -0.25) is 9.59 Å². The van der Waals surface area contributed by atoms with Gasteiger partial charge >= 0.3 is 11.9 Å². The molecule has 5 nitrogen and oxygen atoms in total. The Bertz CT molecular complexity index is 332. The van der Waals surface area contributed by atoms with E-state index in [1.54, 1.807) is 13.8 Å². The molecule has 0 saturated heterocycles. The molecule has 0 radical (unpaired) electrons. The molecule has 17 heavy (non-hydrogen) atoms. The predicted molar refractivity (Wildman–Crippen MR) is 61.1 cm³/mol. The summed E-state index contributed by atoms with van der Waals surface area (Å²) in [7, 11) is 1.22. The molecule has 0 aliphatic rings. The maximum absolute atomic E-state index is 11.6. The number of hydrogen-bond donors (Lipinski definition) is 0. The lowest BCUT2D eigenvalue weighted by Crippen LogP contribution is -2.33. The topological polar surface area (TPSA) is 69.7 Å². The van der Waals surface area contributed by atoms with Crippen molar-refractivity contribution in [3.8, 4) is 0 Å². The Morgan fingerprint density at radius 2 is 1.82 bits per heavy atom. The fourth-order valence-corrected chi connectivity index (χ4v) is 1.47. The van der Waals surface area contributed by atoms with Gasteiger partial charge in [-0.2, -0.15) is 0 Å². The van der Waals surface area contributed by atoms with Crippen molar-refractivity contribution in [1.82, 2.24) is 0 Å². The van der Waals surface area contributed by atoms with Crippen molar-refractivity contribution >= 4 is 17.7 Å². The maximum atomic E-state index is 11.6. The first-order chi connectivity index (χ1) is 7.86. The summed E-state index contributed by atoms with van der Waals surface area (Å²) in [4.78, 5) is 34.3. The van der Waals surface area contributed by atoms with Crippen LogP contribution in [-0.2, 0) is 23.9 Å². The van der Waals surface area contributed by atoms with E-state index in [-0.39, 0.29) is 18.0 Å². The van der Waals surface area contributed by atoms with Crippen molar-refractivity contribution in [2.45, 2.75) is 20.8 Å². The van der Waals surface area contributed by atoms with Crippen molar-refractivity contribution in [3.05, 3.63) is 12.2 Å². The van der Waals surface area contributed by atoms with E-state index in [1.807, 2.05) is 0 Å². The first kappa shape index (κ1) is 15.3. The maximum Gasteiger partial charge on any atom is 0.333 e. The van der Waals surface area contributed by atoms with Gasteiger partial charge in [0.15, 0.2) is 0 Å². The first-order valence-corrected chi connectivity index (χ1v) is 5.30. The van der Waals surface area contributed by atoms with Crippen LogP contribution in [0, 0.1) is 11.8 Å². The van der Waals surface area contributed by atoms with Crippen LogP contribution in [0.3, 0.4) is 0 Å². The van der Waals surface area contributed by atoms with Gasteiger partial charge < -0.3 is 9.47 Å². The van der Waals surface area contributed by atoms with Crippen molar-refractivity contribution < 1.29 is 23.9 Å². The molecular weight excluding hydrogens is 224 g/mol. The molecule has 2 unspecified atom stereocenters. The number of ketones is 1. The Morgan fingerprint density at radius 1 is 1.29 bits per heavy atom. The fourth-order valence-electron chi connectivity index (χ4n) is 1.47. The molecule has 0 spiro atoms. The third-order valence-electron chi connectivity index (χ3n) is 2.48. The van der Waals surface area contributed by atoms with E-state index >= 15 is 0 Å². The summed E-state index contributed by atoms with van der Waals surface area (Å²) < 4.78 is 9.30. The lowest BCUT2D eigenvalue weighted by atomic mass is 9.85. The van der Waals surface area contributed by atoms with Gasteiger partial charge in [0.1, 0.15) is 11.7 Å². The minimum absolute atomic E-state index is 0.0840. The Morgan fingerprint density at radius 3 is 2.18 bits per heavy atom. The number of hydrogen-bond acceptors (Lipinski definition) is 5. The molecule has 0 fully saturated rings. The molecule has 0 aromatic rings. The van der Waals surface area contributed by atoms with Crippen molar-refractivity contribution in [1.29, 1.82) is 0 Å². The molecule has 0 heterocycles. The Kier molecular flexibility index (Phi) is 6.17. The highest BCUT2D eigenvalue weighted by molar-refractivity contribution is 6.00. The molecule has 0 aliphatic carbocycles. The molecular formula is C12H18O5. The highest BCUT2D eigenvalue weighted by Gasteiger charge is 2.34. The molecule has 0 aromatic heterocycles. The van der Waals surface area contributed by atoms with Crippen molar-refractivity contribution in [2.24, 2.45) is 11.8 Å². The van der Waals surface area contributed by atoms with E-state index in [4.69, 9.17) is 4.74 Å². The number of Topliss-reactive ketones (excluding diaryl/α,β-unsaturated/α-hetero) is 1. The summed E-state index contributed by atoms with van der Waals surface area (Å²) in [6, 6.07) is 0. The normalized spacial score (nSPS) is 13.4. The van der Waals surface area contributed by atoms with E-state index in [9.17, 15) is 14.4 Å². The quantitative estimate of drug-likeness (QED) is 0.396. The monoisotopic (exact) mass is 242 g/mol. The highest BCUT2D eigenvalue weighted by Crippen LogP contribution is 2.22. The average molecular weight is 242 g/mol. The van der Waals surface area contributed by atoms with Crippen molar-refractivity contribution in [3.63, 3.8) is 0 Å². The number of rotatable bonds is 6. The smallest absolute Gasteiger partial charge is 0.333 e. The molecule has 96 valence electrons. The van der Waals surface area contributed by atoms with Crippen molar-refractivity contribution in [2.75, 3.05) is 13.7 Å². The van der Waals surface area contributed by atoms with Gasteiger partial charge in [-0.1, -0.05) is 13.5 Å². The zero-order valence-corrected chi connectivity index (χ0v) is 10.6. The number of ether oxygens (including phenoxy) is 2. The van der Waals surface area contributed by atoms with Gasteiger partial charge in [-0.15, -0.1) is 0 Å². The number of methoxy groups -OCH3 is 1. The molecule has 0 rings (SSSR count). The second-order valence-corrected chi connectivity index (χ2v) is 3.65. The number of esters is 2. The Balaban J connectivity index is 4.95. The molecule has 0 aliphatic heterocycles. The van der Waals surface area contributed by atoms with Crippen LogP contribution in [0.25, 0.3) is 0 Å². The summed E-state index contributed by atoms with van der Waals surface area (Å²) in [5.41, 5.74) is 0.0840. The molecule has 0 amide bonds. The molecule has 0 N–H and O–H groups in total. The Hall–Kier alpha value is -1.65. The van der Waals surface area contributed by atoms with E-state index in [1.165, 1.54) is 14.0 Å². The zero-order valence-electron chi connectivity index (χ0n) is 10.6. The molecule has 0 saturated carbocycles. The Labute approximate surface area is 101 Å². The van der Waals surface area contributed by atoms with E-state index in [0.29, 0.717) is 0 Å². The number of carbonyl (C=O) groups is 3. The second-order valence-electron chi connectivity index (χ2n) is 3.65. The standard InChI is InChI=1S/C12H18O5/c1-6-17-12(15)10(9(4)13)7(2)8(3)11(14)16-5/h7,10H,3,6H2,1-2,4-5H3. The van der Waals surface area contributed by atoms with Crippen LogP contribution >= 0.6 is 0 Å². The summed E-state index contributed by atoms with van der Waals surface area (Å²) in [6.45, 7) is 8.22. The van der Waals surface area contributed by atoms with Gasteiger partial charge in [0.05, 0.1) is 13.7 Å². The van der Waals surface area contributed by atoms with Crippen LogP contribution in [0.2, 0.25) is 0 Å². The predicted octanol–water partition coefficient (Wildman–Crippen LogP) is 1.12. The first-order valence-electron chi connectivity index (χ1n) is 5.30. The lowest BCUT2D eigenvalue weighted by molar-refractivity contribution is -0.152. The van der Waals surface area contributed by atoms with Gasteiger partial charge in [0.2, 0.25) is 0 Å². The van der Waals surface area contributed by atoms with E-state index < -0.39 is 23.8 Å². The average Bonchev–Trinajstić information content (AvgIpc) is 2.26. The van der Waals surface area contributed by atoms with Gasteiger partial charge in [0.25, 0.3) is 0 Å². The molecule has 2 atom stereocenters. The number of carbonyl (C=O) groups excluding carboxylic acids is 3. The summed E-state index contributed by atoms with van der Waals surface area (Å²) in [5, 5.41) is 0. The van der Waals surface area contributed by atoms with Gasteiger partial charge in [-0.25, -0.2) is 4.79 Å². The third-order valence-corrected chi connectivity index (χ3v) is 2.48. The largest absolute Gasteiger partial charge is 0.466 e. The summed E-state index contributed by atoms with van der Waals surface area (Å²) in [5.74, 6) is -3.29. The van der Waals surface area contributed by atoms with Crippen LogP contribution in [0.1, 0.15) is 20.8 Å². The van der Waals surface area contributed by atoms with Gasteiger partial charge in [-0.05, 0) is 13.8 Å². The van der Waals surface area contributed by atoms with Crippen LogP contribution in [0.15, 0.2) is 12.2 Å². The lowest BCUT2D eigenvalue weighted by Gasteiger charge is -2.20. The van der Waals surface area contributed by atoms with E-state index in [0.717, 1.165) is 0 Å². The van der Waals surface area contributed by atoms with Crippen LogP contribution in [-0.4, -0.2) is 31.4 Å². The van der Waals surface area contributed by atoms with Gasteiger partial charge in [0, 0.05) is 11.5 Å². The second kappa shape index (κ2) is 6.83. The SMILES string of the molecule is C=C(C(=O)OC)C(C)C(C(C)=O)C(=O)OCC. The molecule has 0 bridgehead atoms. The minimum atomic E-state index is -1.01. The fraction of sp³-hybridized carbons (Fsp3) is 0.583. The molecule has 0 aromatic carbocycles. The van der Waals surface area contributed by atoms with Crippen LogP contribution in [0.5, 0.6) is 0 Å². The summed E-state index contributed by atoms with van der Waals surface area (Å²) in [6.07, 6.45) is 0. The minimum Gasteiger partial charge on any atom is -0.466 e. The van der Waals surface area contributed by atoms with Crippen LogP contribution in [0.4, 0.5) is 0 Å².